The molecule has 0 aliphatic carbocycles. The first-order valence-electron chi connectivity index (χ1n) is 6.20. The lowest BCUT2D eigenvalue weighted by Gasteiger charge is -2.02. The molecule has 3 rings (SSSR count). The summed E-state index contributed by atoms with van der Waals surface area (Å²) in [5, 5.41) is 7.98. The first-order chi connectivity index (χ1) is 9.33. The minimum Gasteiger partial charge on any atom is -0.361 e. The predicted molar refractivity (Wildman–Crippen MR) is 79.6 cm³/mol. The molecule has 0 saturated carbocycles. The van der Waals surface area contributed by atoms with Crippen LogP contribution in [0.25, 0.3) is 10.9 Å². The fourth-order valence-corrected chi connectivity index (χ4v) is 2.73. The van der Waals surface area contributed by atoms with Gasteiger partial charge in [-0.1, -0.05) is 18.2 Å². The highest BCUT2D eigenvalue weighted by atomic mass is 32.1. The molecule has 0 radical (unpaired) electrons. The summed E-state index contributed by atoms with van der Waals surface area (Å²) >= 11 is 1.58. The van der Waals surface area contributed by atoms with Crippen molar-refractivity contribution in [3.8, 4) is 0 Å². The van der Waals surface area contributed by atoms with Gasteiger partial charge in [-0.3, -0.25) is 4.79 Å². The lowest BCUT2D eigenvalue weighted by atomic mass is 10.1. The molecule has 96 valence electrons. The monoisotopic (exact) mass is 270 g/mol. The van der Waals surface area contributed by atoms with Crippen LogP contribution in [-0.4, -0.2) is 10.9 Å². The first-order valence-corrected chi connectivity index (χ1v) is 7.14. The quantitative estimate of drug-likeness (QED) is 0.744. The topological polar surface area (TPSA) is 44.9 Å². The summed E-state index contributed by atoms with van der Waals surface area (Å²) in [5.41, 5.74) is 3.20. The second-order valence-corrected chi connectivity index (χ2v) is 5.20. The summed E-state index contributed by atoms with van der Waals surface area (Å²) in [5.74, 6) is 0.0590. The highest BCUT2D eigenvalue weighted by molar-refractivity contribution is 7.08. The number of anilines is 1. The number of benzene rings is 1. The Hall–Kier alpha value is -2.07. The van der Waals surface area contributed by atoms with Crippen molar-refractivity contribution in [2.45, 2.75) is 12.8 Å². The molecule has 0 atom stereocenters. The van der Waals surface area contributed by atoms with Crippen molar-refractivity contribution >= 4 is 33.8 Å². The molecule has 0 saturated heterocycles. The third-order valence-corrected chi connectivity index (χ3v) is 3.78. The van der Waals surface area contributed by atoms with Crippen LogP contribution < -0.4 is 5.32 Å². The van der Waals surface area contributed by atoms with Gasteiger partial charge in [0.2, 0.25) is 5.91 Å². The van der Waals surface area contributed by atoms with Crippen LogP contribution in [0, 0.1) is 0 Å². The number of rotatable bonds is 4. The SMILES string of the molecule is O=C(CCc1c[nH]c2ccccc12)Nc1ccsc1. The number of H-pyrrole nitrogens is 1. The van der Waals surface area contributed by atoms with E-state index >= 15 is 0 Å². The van der Waals surface area contributed by atoms with Crippen molar-refractivity contribution in [3.63, 3.8) is 0 Å². The molecule has 0 bridgehead atoms. The average Bonchev–Trinajstić information content (AvgIpc) is 3.05. The van der Waals surface area contributed by atoms with Gasteiger partial charge in [-0.2, -0.15) is 11.3 Å². The molecular weight excluding hydrogens is 256 g/mol. The molecule has 2 N–H and O–H groups in total. The van der Waals surface area contributed by atoms with Gasteiger partial charge in [0.15, 0.2) is 0 Å². The van der Waals surface area contributed by atoms with E-state index in [9.17, 15) is 4.79 Å². The zero-order valence-corrected chi connectivity index (χ0v) is 11.2. The van der Waals surface area contributed by atoms with Gasteiger partial charge in [0.1, 0.15) is 0 Å². The second kappa shape index (κ2) is 5.28. The molecule has 0 fully saturated rings. The van der Waals surface area contributed by atoms with Crippen molar-refractivity contribution in [2.75, 3.05) is 5.32 Å². The number of thiophene rings is 1. The molecule has 0 unspecified atom stereocenters. The number of nitrogens with one attached hydrogen (secondary N) is 2. The van der Waals surface area contributed by atoms with Crippen LogP contribution in [0.15, 0.2) is 47.3 Å². The van der Waals surface area contributed by atoms with Gasteiger partial charge in [-0.05, 0) is 29.5 Å². The maximum Gasteiger partial charge on any atom is 0.224 e. The number of para-hydroxylation sites is 1. The Morgan fingerprint density at radius 2 is 2.16 bits per heavy atom. The minimum atomic E-state index is 0.0590. The van der Waals surface area contributed by atoms with E-state index in [1.54, 1.807) is 11.3 Å². The maximum atomic E-state index is 11.8. The van der Waals surface area contributed by atoms with Crippen molar-refractivity contribution in [2.24, 2.45) is 0 Å². The highest BCUT2D eigenvalue weighted by Gasteiger charge is 2.07. The zero-order valence-electron chi connectivity index (χ0n) is 10.3. The Balaban J connectivity index is 1.64. The van der Waals surface area contributed by atoms with E-state index in [2.05, 4.69) is 16.4 Å². The van der Waals surface area contributed by atoms with Gasteiger partial charge >= 0.3 is 0 Å². The standard InChI is InChI=1S/C15H14N2OS/c18-15(17-12-7-8-19-10-12)6-5-11-9-16-14-4-2-1-3-13(11)14/h1-4,7-10,16H,5-6H2,(H,17,18). The summed E-state index contributed by atoms with van der Waals surface area (Å²) in [6.45, 7) is 0. The molecule has 19 heavy (non-hydrogen) atoms. The minimum absolute atomic E-state index is 0.0590. The molecule has 1 amide bonds. The number of fused-ring (bicyclic) bond motifs is 1. The van der Waals surface area contributed by atoms with Gasteiger partial charge in [0.25, 0.3) is 0 Å². The Kier molecular flexibility index (Phi) is 3.33. The van der Waals surface area contributed by atoms with Crippen LogP contribution >= 0.6 is 11.3 Å². The first kappa shape index (κ1) is 12.0. The van der Waals surface area contributed by atoms with Crippen molar-refractivity contribution in [3.05, 3.63) is 52.9 Å². The average molecular weight is 270 g/mol. The summed E-state index contributed by atoms with van der Waals surface area (Å²) in [6, 6.07) is 10.1. The van der Waals surface area contributed by atoms with Gasteiger partial charge < -0.3 is 10.3 Å². The Morgan fingerprint density at radius 1 is 1.26 bits per heavy atom. The maximum absolute atomic E-state index is 11.8. The number of hydrogen-bond donors (Lipinski definition) is 2. The molecule has 2 heterocycles. The van der Waals surface area contributed by atoms with E-state index in [4.69, 9.17) is 0 Å². The Bertz CT molecular complexity index is 685. The Morgan fingerprint density at radius 3 is 3.00 bits per heavy atom. The van der Waals surface area contributed by atoms with E-state index in [1.165, 1.54) is 10.9 Å². The van der Waals surface area contributed by atoms with E-state index in [0.29, 0.717) is 6.42 Å². The number of carbonyl (C=O) groups excluding carboxylic acids is 1. The second-order valence-electron chi connectivity index (χ2n) is 4.42. The molecule has 0 spiro atoms. The van der Waals surface area contributed by atoms with Crippen molar-refractivity contribution < 1.29 is 4.79 Å². The molecule has 0 aliphatic rings. The summed E-state index contributed by atoms with van der Waals surface area (Å²) in [4.78, 5) is 15.1. The van der Waals surface area contributed by atoms with Crippen molar-refractivity contribution in [1.29, 1.82) is 0 Å². The fraction of sp³-hybridized carbons (Fsp3) is 0.133. The number of aromatic amines is 1. The molecule has 3 aromatic rings. The molecule has 0 aliphatic heterocycles. The van der Waals surface area contributed by atoms with Gasteiger partial charge in [0, 0.05) is 28.9 Å². The number of aromatic nitrogens is 1. The summed E-state index contributed by atoms with van der Waals surface area (Å²) < 4.78 is 0. The van der Waals surface area contributed by atoms with Crippen LogP contribution in [0.5, 0.6) is 0 Å². The molecule has 1 aromatic carbocycles. The van der Waals surface area contributed by atoms with E-state index in [-0.39, 0.29) is 5.91 Å². The lowest BCUT2D eigenvalue weighted by Crippen LogP contribution is -2.11. The molecule has 2 aromatic heterocycles. The normalized spacial score (nSPS) is 10.7. The van der Waals surface area contributed by atoms with Crippen LogP contribution in [0.2, 0.25) is 0 Å². The van der Waals surface area contributed by atoms with E-state index in [0.717, 1.165) is 17.6 Å². The summed E-state index contributed by atoms with van der Waals surface area (Å²) in [6.07, 6.45) is 3.24. The van der Waals surface area contributed by atoms with Crippen LogP contribution in [0.3, 0.4) is 0 Å². The van der Waals surface area contributed by atoms with Gasteiger partial charge in [-0.15, -0.1) is 0 Å². The van der Waals surface area contributed by atoms with Crippen molar-refractivity contribution in [1.82, 2.24) is 4.98 Å². The van der Waals surface area contributed by atoms with E-state index in [1.807, 2.05) is 41.2 Å². The van der Waals surface area contributed by atoms with Gasteiger partial charge in [-0.25, -0.2) is 0 Å². The molecular formula is C15H14N2OS. The fourth-order valence-electron chi connectivity index (χ4n) is 2.15. The largest absolute Gasteiger partial charge is 0.361 e. The van der Waals surface area contributed by atoms with Gasteiger partial charge in [0.05, 0.1) is 5.69 Å². The number of amides is 1. The highest BCUT2D eigenvalue weighted by Crippen LogP contribution is 2.19. The van der Waals surface area contributed by atoms with Crippen LogP contribution in [0.4, 0.5) is 5.69 Å². The third kappa shape index (κ3) is 2.69. The smallest absolute Gasteiger partial charge is 0.224 e. The Labute approximate surface area is 115 Å². The third-order valence-electron chi connectivity index (χ3n) is 3.10. The number of hydrogen-bond acceptors (Lipinski definition) is 2. The number of carbonyl (C=O) groups is 1. The van der Waals surface area contributed by atoms with Crippen LogP contribution in [0.1, 0.15) is 12.0 Å². The van der Waals surface area contributed by atoms with Crippen LogP contribution in [-0.2, 0) is 11.2 Å². The zero-order chi connectivity index (χ0) is 13.1. The lowest BCUT2D eigenvalue weighted by molar-refractivity contribution is -0.116. The van der Waals surface area contributed by atoms with E-state index < -0.39 is 0 Å². The molecule has 3 nitrogen and oxygen atoms in total. The molecule has 4 heteroatoms. The predicted octanol–water partition coefficient (Wildman–Crippen LogP) is 3.80. The number of aryl methyl sites for hydroxylation is 1. The summed E-state index contributed by atoms with van der Waals surface area (Å²) in [7, 11) is 0.